The van der Waals surface area contributed by atoms with Gasteiger partial charge in [0, 0.05) is 12.2 Å². The largest absolute Gasteiger partial charge is 0.368 e. The molecule has 1 heterocycles. The number of hydrogen-bond donors (Lipinski definition) is 2. The first-order valence-electron chi connectivity index (χ1n) is 6.62. The Bertz CT molecular complexity index is 401. The monoisotopic (exact) mass is 247 g/mol. The van der Waals surface area contributed by atoms with Crippen LogP contribution in [0.3, 0.4) is 0 Å². The zero-order chi connectivity index (χ0) is 13.0. The zero-order valence-corrected chi connectivity index (χ0v) is 10.9. The fourth-order valence-corrected chi connectivity index (χ4v) is 2.58. The van der Waals surface area contributed by atoms with Gasteiger partial charge < -0.3 is 5.73 Å². The molecule has 2 rings (SSSR count). The molecule has 4 heteroatoms. The molecule has 0 bridgehead atoms. The van der Waals surface area contributed by atoms with Crippen molar-refractivity contribution in [3.8, 4) is 0 Å². The lowest BCUT2D eigenvalue weighted by molar-refractivity contribution is -0.124. The fraction of sp³-hybridized carbons (Fsp3) is 0.571. The van der Waals surface area contributed by atoms with Gasteiger partial charge in [-0.15, -0.1) is 0 Å². The third-order valence-electron chi connectivity index (χ3n) is 3.77. The first kappa shape index (κ1) is 13.0. The first-order valence-corrected chi connectivity index (χ1v) is 6.62. The minimum Gasteiger partial charge on any atom is -0.368 e. The topological polar surface area (TPSA) is 68.0 Å². The van der Waals surface area contributed by atoms with E-state index >= 15 is 0 Å². The van der Waals surface area contributed by atoms with E-state index in [0.29, 0.717) is 11.7 Å². The molecule has 1 aromatic rings. The fourth-order valence-electron chi connectivity index (χ4n) is 2.58. The number of primary amides is 1. The van der Waals surface area contributed by atoms with E-state index in [-0.39, 0.29) is 5.91 Å². The van der Waals surface area contributed by atoms with Crippen molar-refractivity contribution in [3.63, 3.8) is 0 Å². The highest BCUT2D eigenvalue weighted by molar-refractivity contribution is 5.85. The predicted molar refractivity (Wildman–Crippen MR) is 70.8 cm³/mol. The molecule has 0 aliphatic heterocycles. The van der Waals surface area contributed by atoms with Crippen molar-refractivity contribution in [2.45, 2.75) is 50.6 Å². The summed E-state index contributed by atoms with van der Waals surface area (Å²) >= 11 is 0. The van der Waals surface area contributed by atoms with Crippen LogP contribution < -0.4 is 11.1 Å². The number of nitrogens with zero attached hydrogens (tertiary/aromatic N) is 1. The van der Waals surface area contributed by atoms with Crippen molar-refractivity contribution < 1.29 is 4.79 Å². The van der Waals surface area contributed by atoms with Gasteiger partial charge in [0.1, 0.15) is 5.54 Å². The number of aromatic nitrogens is 1. The van der Waals surface area contributed by atoms with E-state index in [1.807, 2.05) is 25.1 Å². The average molecular weight is 247 g/mol. The molecule has 18 heavy (non-hydrogen) atoms. The summed E-state index contributed by atoms with van der Waals surface area (Å²) in [5.74, 6) is -0.369. The smallest absolute Gasteiger partial charge is 0.243 e. The van der Waals surface area contributed by atoms with Crippen LogP contribution in [0.15, 0.2) is 24.4 Å². The third-order valence-corrected chi connectivity index (χ3v) is 3.77. The van der Waals surface area contributed by atoms with Gasteiger partial charge in [0.05, 0.1) is 5.69 Å². The lowest BCUT2D eigenvalue weighted by Crippen LogP contribution is -2.55. The molecule has 1 aliphatic rings. The molecule has 0 aromatic carbocycles. The van der Waals surface area contributed by atoms with Crippen molar-refractivity contribution in [1.82, 2.24) is 10.3 Å². The third kappa shape index (κ3) is 2.70. The number of rotatable bonds is 4. The van der Waals surface area contributed by atoms with E-state index in [4.69, 9.17) is 5.73 Å². The zero-order valence-electron chi connectivity index (χ0n) is 10.9. The van der Waals surface area contributed by atoms with Crippen LogP contribution in [-0.4, -0.2) is 16.9 Å². The van der Waals surface area contributed by atoms with Crippen LogP contribution >= 0.6 is 0 Å². The van der Waals surface area contributed by atoms with Gasteiger partial charge in [-0.3, -0.25) is 15.1 Å². The van der Waals surface area contributed by atoms with Gasteiger partial charge in [0.2, 0.25) is 5.91 Å². The highest BCUT2D eigenvalue weighted by Gasteiger charge is 2.36. The van der Waals surface area contributed by atoms with Gasteiger partial charge in [-0.1, -0.05) is 25.3 Å². The quantitative estimate of drug-likeness (QED) is 0.851. The molecular formula is C14H21N3O. The minimum absolute atomic E-state index is 0.359. The van der Waals surface area contributed by atoms with Crippen LogP contribution in [0.4, 0.5) is 0 Å². The predicted octanol–water partition coefficient (Wildman–Crippen LogP) is 1.70. The molecule has 0 saturated heterocycles. The molecule has 1 aromatic heterocycles. The van der Waals surface area contributed by atoms with Crippen molar-refractivity contribution in [1.29, 1.82) is 0 Å². The molecule has 1 atom stereocenters. The van der Waals surface area contributed by atoms with Crippen LogP contribution in [-0.2, 0) is 10.3 Å². The molecule has 3 N–H and O–H groups in total. The van der Waals surface area contributed by atoms with Crippen molar-refractivity contribution in [2.24, 2.45) is 5.73 Å². The number of carbonyl (C=O) groups excluding carboxylic acids is 1. The number of carbonyl (C=O) groups is 1. The second kappa shape index (κ2) is 5.48. The summed E-state index contributed by atoms with van der Waals surface area (Å²) in [5.41, 5.74) is 5.40. The summed E-state index contributed by atoms with van der Waals surface area (Å²) in [6, 6.07) is 5.93. The maximum absolute atomic E-state index is 11.8. The van der Waals surface area contributed by atoms with Crippen LogP contribution in [0.2, 0.25) is 0 Å². The molecule has 1 amide bonds. The maximum atomic E-state index is 11.8. The van der Waals surface area contributed by atoms with Gasteiger partial charge in [-0.2, -0.15) is 0 Å². The Kier molecular flexibility index (Phi) is 3.97. The summed E-state index contributed by atoms with van der Waals surface area (Å²) in [6.45, 7) is 1.83. The van der Waals surface area contributed by atoms with E-state index in [1.165, 1.54) is 19.3 Å². The Morgan fingerprint density at radius 1 is 1.39 bits per heavy atom. The van der Waals surface area contributed by atoms with E-state index in [2.05, 4.69) is 10.3 Å². The second-order valence-electron chi connectivity index (χ2n) is 5.18. The maximum Gasteiger partial charge on any atom is 0.243 e. The highest BCUT2D eigenvalue weighted by atomic mass is 16.1. The summed E-state index contributed by atoms with van der Waals surface area (Å²) < 4.78 is 0. The molecule has 0 spiro atoms. The van der Waals surface area contributed by atoms with Crippen molar-refractivity contribution in [2.75, 3.05) is 0 Å². The lowest BCUT2D eigenvalue weighted by Gasteiger charge is -2.34. The number of nitrogens with two attached hydrogens (primary N) is 1. The molecule has 1 unspecified atom stereocenters. The Morgan fingerprint density at radius 3 is 2.67 bits per heavy atom. The number of hydrogen-bond acceptors (Lipinski definition) is 3. The number of amides is 1. The van der Waals surface area contributed by atoms with Crippen LogP contribution in [0.1, 0.15) is 44.7 Å². The van der Waals surface area contributed by atoms with Gasteiger partial charge in [0.15, 0.2) is 0 Å². The Hall–Kier alpha value is -1.42. The molecule has 0 radical (unpaired) electrons. The summed E-state index contributed by atoms with van der Waals surface area (Å²) in [6.07, 6.45) is 7.63. The minimum atomic E-state index is -0.872. The molecule has 98 valence electrons. The molecule has 1 aliphatic carbocycles. The van der Waals surface area contributed by atoms with E-state index in [0.717, 1.165) is 12.8 Å². The number of pyridine rings is 1. The van der Waals surface area contributed by atoms with Gasteiger partial charge >= 0.3 is 0 Å². The van der Waals surface area contributed by atoms with E-state index in [1.54, 1.807) is 6.20 Å². The van der Waals surface area contributed by atoms with Gasteiger partial charge in [0.25, 0.3) is 0 Å². The lowest BCUT2D eigenvalue weighted by atomic mass is 9.89. The van der Waals surface area contributed by atoms with Crippen LogP contribution in [0, 0.1) is 0 Å². The van der Waals surface area contributed by atoms with E-state index in [9.17, 15) is 4.79 Å². The standard InChI is InChI=1S/C14H21N3O/c1-14(13(15)18,12-9-5-6-10-16-12)17-11-7-3-2-4-8-11/h5-6,9-11,17H,2-4,7-8H2,1H3,(H2,15,18). The van der Waals surface area contributed by atoms with Crippen molar-refractivity contribution >= 4 is 5.91 Å². The summed E-state index contributed by atoms with van der Waals surface area (Å²) in [7, 11) is 0. The molecule has 4 nitrogen and oxygen atoms in total. The van der Waals surface area contributed by atoms with E-state index < -0.39 is 5.54 Å². The molecular weight excluding hydrogens is 226 g/mol. The summed E-state index contributed by atoms with van der Waals surface area (Å²) in [4.78, 5) is 16.1. The highest BCUT2D eigenvalue weighted by Crippen LogP contribution is 2.24. The second-order valence-corrected chi connectivity index (χ2v) is 5.18. The van der Waals surface area contributed by atoms with Gasteiger partial charge in [-0.05, 0) is 31.9 Å². The van der Waals surface area contributed by atoms with Crippen LogP contribution in [0.25, 0.3) is 0 Å². The average Bonchev–Trinajstić information content (AvgIpc) is 2.40. The summed E-state index contributed by atoms with van der Waals surface area (Å²) in [5, 5.41) is 3.41. The molecule has 1 saturated carbocycles. The molecule has 1 fully saturated rings. The SMILES string of the molecule is CC(NC1CCCCC1)(C(N)=O)c1ccccn1. The Balaban J connectivity index is 2.19. The van der Waals surface area contributed by atoms with Crippen molar-refractivity contribution in [3.05, 3.63) is 30.1 Å². The Labute approximate surface area is 108 Å². The normalized spacial score (nSPS) is 20.3. The first-order chi connectivity index (χ1) is 8.63. The van der Waals surface area contributed by atoms with Gasteiger partial charge in [-0.25, -0.2) is 0 Å². The Morgan fingerprint density at radius 2 is 2.11 bits per heavy atom. The number of nitrogens with one attached hydrogen (secondary N) is 1. The van der Waals surface area contributed by atoms with Crippen LogP contribution in [0.5, 0.6) is 0 Å².